The molecule has 0 heterocycles. The third-order valence-electron chi connectivity index (χ3n) is 1.66. The second-order valence-corrected chi connectivity index (χ2v) is 2.82. The van der Waals surface area contributed by atoms with Crippen LogP contribution in [0.15, 0.2) is 30.3 Å². The first-order valence-corrected chi connectivity index (χ1v) is 4.56. The lowest BCUT2D eigenvalue weighted by molar-refractivity contribution is -0.110. The number of carbonyl (C=O) groups is 1. The summed E-state index contributed by atoms with van der Waals surface area (Å²) < 4.78 is 10.3. The maximum absolute atomic E-state index is 9.94. The van der Waals surface area contributed by atoms with Gasteiger partial charge in [-0.25, -0.2) is 0 Å². The smallest absolute Gasteiger partial charge is 0.147 e. The van der Waals surface area contributed by atoms with E-state index in [0.717, 1.165) is 11.8 Å². The predicted molar refractivity (Wildman–Crippen MR) is 52.7 cm³/mol. The Kier molecular flexibility index (Phi) is 5.63. The Labute approximate surface area is 83.6 Å². The van der Waals surface area contributed by atoms with Gasteiger partial charge in [-0.3, -0.25) is 0 Å². The standard InChI is InChI=1S/C11H14O3/c12-7-4-8-13-10-14-9-11-5-2-1-3-6-11/h1-3,5-7H,4,8-10H2. The van der Waals surface area contributed by atoms with Crippen LogP contribution >= 0.6 is 0 Å². The van der Waals surface area contributed by atoms with E-state index in [-0.39, 0.29) is 6.79 Å². The molecule has 0 aliphatic carbocycles. The van der Waals surface area contributed by atoms with Gasteiger partial charge >= 0.3 is 0 Å². The van der Waals surface area contributed by atoms with Crippen molar-refractivity contribution in [3.63, 3.8) is 0 Å². The minimum Gasteiger partial charge on any atom is -0.355 e. The van der Waals surface area contributed by atoms with Crippen LogP contribution in [-0.2, 0) is 20.9 Å². The van der Waals surface area contributed by atoms with E-state index < -0.39 is 0 Å². The van der Waals surface area contributed by atoms with E-state index >= 15 is 0 Å². The number of ether oxygens (including phenoxy) is 2. The predicted octanol–water partition coefficient (Wildman–Crippen LogP) is 1.77. The van der Waals surface area contributed by atoms with Crippen molar-refractivity contribution >= 4 is 6.29 Å². The Morgan fingerprint density at radius 2 is 1.93 bits per heavy atom. The summed E-state index contributed by atoms with van der Waals surface area (Å²) in [5.74, 6) is 0. The van der Waals surface area contributed by atoms with Crippen LogP contribution in [-0.4, -0.2) is 19.7 Å². The van der Waals surface area contributed by atoms with E-state index in [0.29, 0.717) is 19.6 Å². The lowest BCUT2D eigenvalue weighted by Crippen LogP contribution is -2.01. The van der Waals surface area contributed by atoms with Crippen LogP contribution in [0.5, 0.6) is 0 Å². The van der Waals surface area contributed by atoms with Gasteiger partial charge in [0, 0.05) is 6.42 Å². The molecule has 0 N–H and O–H groups in total. The normalized spacial score (nSPS) is 10.0. The largest absolute Gasteiger partial charge is 0.355 e. The lowest BCUT2D eigenvalue weighted by atomic mass is 10.2. The van der Waals surface area contributed by atoms with Gasteiger partial charge in [-0.15, -0.1) is 0 Å². The van der Waals surface area contributed by atoms with Crippen LogP contribution in [0, 0.1) is 0 Å². The molecule has 0 atom stereocenters. The van der Waals surface area contributed by atoms with E-state index in [2.05, 4.69) is 0 Å². The number of carbonyl (C=O) groups excluding carboxylic acids is 1. The van der Waals surface area contributed by atoms with Gasteiger partial charge in [0.15, 0.2) is 0 Å². The molecule has 3 nitrogen and oxygen atoms in total. The third-order valence-corrected chi connectivity index (χ3v) is 1.66. The number of aldehydes is 1. The molecule has 0 radical (unpaired) electrons. The molecule has 1 aromatic rings. The maximum Gasteiger partial charge on any atom is 0.147 e. The molecule has 0 saturated heterocycles. The quantitative estimate of drug-likeness (QED) is 0.377. The van der Waals surface area contributed by atoms with Gasteiger partial charge in [0.25, 0.3) is 0 Å². The summed E-state index contributed by atoms with van der Waals surface area (Å²) in [6.07, 6.45) is 1.26. The number of rotatable bonds is 7. The summed E-state index contributed by atoms with van der Waals surface area (Å²) in [4.78, 5) is 9.94. The first-order chi connectivity index (χ1) is 6.93. The molecule has 0 aromatic heterocycles. The molecule has 1 rings (SSSR count). The minimum absolute atomic E-state index is 0.239. The van der Waals surface area contributed by atoms with Crippen LogP contribution in [0.1, 0.15) is 12.0 Å². The molecule has 0 saturated carbocycles. The fourth-order valence-corrected chi connectivity index (χ4v) is 0.983. The van der Waals surface area contributed by atoms with Gasteiger partial charge in [0.1, 0.15) is 13.1 Å². The molecule has 1 aromatic carbocycles. The zero-order valence-electron chi connectivity index (χ0n) is 8.02. The topological polar surface area (TPSA) is 35.5 Å². The van der Waals surface area contributed by atoms with Crippen molar-refractivity contribution < 1.29 is 14.3 Å². The highest BCUT2D eigenvalue weighted by Crippen LogP contribution is 2.00. The average molecular weight is 194 g/mol. The van der Waals surface area contributed by atoms with Crippen molar-refractivity contribution in [1.82, 2.24) is 0 Å². The summed E-state index contributed by atoms with van der Waals surface area (Å²) in [7, 11) is 0. The van der Waals surface area contributed by atoms with Crippen LogP contribution < -0.4 is 0 Å². The van der Waals surface area contributed by atoms with Gasteiger partial charge in [-0.05, 0) is 5.56 Å². The van der Waals surface area contributed by atoms with Crippen molar-refractivity contribution in [3.05, 3.63) is 35.9 Å². The molecule has 0 unspecified atom stereocenters. The Morgan fingerprint density at radius 1 is 1.14 bits per heavy atom. The minimum atomic E-state index is 0.239. The van der Waals surface area contributed by atoms with E-state index in [1.54, 1.807) is 0 Å². The zero-order valence-corrected chi connectivity index (χ0v) is 8.02. The van der Waals surface area contributed by atoms with Crippen molar-refractivity contribution in [1.29, 1.82) is 0 Å². The van der Waals surface area contributed by atoms with Crippen LogP contribution in [0.3, 0.4) is 0 Å². The molecule has 3 heteroatoms. The fraction of sp³-hybridized carbons (Fsp3) is 0.364. The molecule has 0 aliphatic rings. The van der Waals surface area contributed by atoms with Crippen LogP contribution in [0.2, 0.25) is 0 Å². The molecule has 0 bridgehead atoms. The van der Waals surface area contributed by atoms with Gasteiger partial charge in [-0.1, -0.05) is 30.3 Å². The molecule has 0 amide bonds. The van der Waals surface area contributed by atoms with Crippen LogP contribution in [0.4, 0.5) is 0 Å². The Morgan fingerprint density at radius 3 is 2.64 bits per heavy atom. The highest BCUT2D eigenvalue weighted by atomic mass is 16.7. The van der Waals surface area contributed by atoms with Crippen LogP contribution in [0.25, 0.3) is 0 Å². The van der Waals surface area contributed by atoms with Crippen molar-refractivity contribution in [2.45, 2.75) is 13.0 Å². The summed E-state index contributed by atoms with van der Waals surface area (Å²) in [6, 6.07) is 9.87. The molecule has 14 heavy (non-hydrogen) atoms. The lowest BCUT2D eigenvalue weighted by Gasteiger charge is -2.04. The van der Waals surface area contributed by atoms with Crippen molar-refractivity contribution in [2.24, 2.45) is 0 Å². The Balaban J connectivity index is 2.02. The fourth-order valence-electron chi connectivity index (χ4n) is 0.983. The van der Waals surface area contributed by atoms with Gasteiger partial charge in [0.05, 0.1) is 13.2 Å². The summed E-state index contributed by atoms with van der Waals surface area (Å²) in [6.45, 7) is 1.21. The van der Waals surface area contributed by atoms with Gasteiger partial charge in [-0.2, -0.15) is 0 Å². The number of benzene rings is 1. The summed E-state index contributed by atoms with van der Waals surface area (Å²) >= 11 is 0. The van der Waals surface area contributed by atoms with E-state index in [1.165, 1.54) is 0 Å². The van der Waals surface area contributed by atoms with E-state index in [9.17, 15) is 4.79 Å². The molecule has 0 fully saturated rings. The van der Waals surface area contributed by atoms with Crippen molar-refractivity contribution in [3.8, 4) is 0 Å². The van der Waals surface area contributed by atoms with E-state index in [4.69, 9.17) is 9.47 Å². The number of hydrogen-bond donors (Lipinski definition) is 0. The van der Waals surface area contributed by atoms with E-state index in [1.807, 2.05) is 30.3 Å². The second-order valence-electron chi connectivity index (χ2n) is 2.82. The SMILES string of the molecule is O=CCCOCOCc1ccccc1. The molecule has 76 valence electrons. The Hall–Kier alpha value is -1.19. The second kappa shape index (κ2) is 7.24. The van der Waals surface area contributed by atoms with Gasteiger partial charge < -0.3 is 14.3 Å². The summed E-state index contributed by atoms with van der Waals surface area (Å²) in [5, 5.41) is 0. The average Bonchev–Trinajstić information content (AvgIpc) is 2.25. The van der Waals surface area contributed by atoms with Crippen molar-refractivity contribution in [2.75, 3.05) is 13.4 Å². The van der Waals surface area contributed by atoms with Gasteiger partial charge in [0.2, 0.25) is 0 Å². The maximum atomic E-state index is 9.94. The zero-order chi connectivity index (χ0) is 10.1. The molecular weight excluding hydrogens is 180 g/mol. The highest BCUT2D eigenvalue weighted by Gasteiger charge is 1.91. The highest BCUT2D eigenvalue weighted by molar-refractivity contribution is 5.49. The first-order valence-electron chi connectivity index (χ1n) is 4.56. The number of hydrogen-bond acceptors (Lipinski definition) is 3. The monoisotopic (exact) mass is 194 g/mol. The third kappa shape index (κ3) is 4.74. The Bertz CT molecular complexity index is 246. The molecular formula is C11H14O3. The molecule has 0 aliphatic heterocycles. The summed E-state index contributed by atoms with van der Waals surface area (Å²) in [5.41, 5.74) is 1.12. The first kappa shape index (κ1) is 10.9. The molecule has 0 spiro atoms.